The third-order valence-corrected chi connectivity index (χ3v) is 11.2. The Labute approximate surface area is 280 Å². The highest BCUT2D eigenvalue weighted by Crippen LogP contribution is 2.45. The van der Waals surface area contributed by atoms with Gasteiger partial charge in [-0.3, -0.25) is 14.4 Å². The summed E-state index contributed by atoms with van der Waals surface area (Å²) in [5, 5.41) is 36.1. The van der Waals surface area contributed by atoms with E-state index < -0.39 is 87.2 Å². The first-order valence-electron chi connectivity index (χ1n) is 17.3. The van der Waals surface area contributed by atoms with E-state index in [1.54, 1.807) is 0 Å². The second kappa shape index (κ2) is 12.5. The largest absolute Gasteiger partial charge is 0.462 e. The van der Waals surface area contributed by atoms with Gasteiger partial charge in [0, 0.05) is 71.8 Å². The lowest BCUT2D eigenvalue weighted by atomic mass is 9.80. The van der Waals surface area contributed by atoms with Crippen molar-refractivity contribution in [3.05, 3.63) is 0 Å². The van der Waals surface area contributed by atoms with Crippen LogP contribution in [0.5, 0.6) is 0 Å². The number of hydrogen-bond acceptors (Lipinski definition) is 12. The highest BCUT2D eigenvalue weighted by Gasteiger charge is 2.53. The van der Waals surface area contributed by atoms with E-state index in [-0.39, 0.29) is 12.8 Å². The summed E-state index contributed by atoms with van der Waals surface area (Å²) in [4.78, 5) is 41.5. The molecule has 0 aromatic rings. The molecule has 270 valence electrons. The predicted octanol–water partition coefficient (Wildman–Crippen LogP) is 5.49. The number of carbonyl (C=O) groups is 3. The average molecular weight is 668 g/mol. The second-order valence-corrected chi connectivity index (χ2v) is 18.6. The van der Waals surface area contributed by atoms with Gasteiger partial charge in [0.25, 0.3) is 0 Å². The predicted molar refractivity (Wildman–Crippen MR) is 172 cm³/mol. The maximum Gasteiger partial charge on any atom is 0.310 e. The van der Waals surface area contributed by atoms with Crippen LogP contribution in [0.3, 0.4) is 0 Å². The molecule has 4 rings (SSSR count). The van der Waals surface area contributed by atoms with Gasteiger partial charge in [-0.1, -0.05) is 0 Å². The van der Waals surface area contributed by atoms with E-state index in [4.69, 9.17) is 14.2 Å². The molecule has 3 aliphatic heterocycles. The Balaban J connectivity index is 1.53. The molecule has 0 amide bonds. The van der Waals surface area contributed by atoms with Crippen molar-refractivity contribution in [1.29, 1.82) is 0 Å². The van der Waals surface area contributed by atoms with E-state index in [0.717, 1.165) is 0 Å². The summed E-state index contributed by atoms with van der Waals surface area (Å²) in [7, 11) is 0. The van der Waals surface area contributed by atoms with Gasteiger partial charge in [0.1, 0.15) is 18.3 Å². The highest BCUT2D eigenvalue weighted by atomic mass is 16.6. The lowest BCUT2D eigenvalue weighted by Crippen LogP contribution is -2.61. The molecule has 0 aromatic heterocycles. The van der Waals surface area contributed by atoms with Gasteiger partial charge in [-0.2, -0.15) is 15.2 Å². The zero-order valence-corrected chi connectivity index (χ0v) is 30.8. The first-order valence-corrected chi connectivity index (χ1v) is 17.3. The van der Waals surface area contributed by atoms with E-state index in [2.05, 4.69) is 0 Å². The fourth-order valence-corrected chi connectivity index (χ4v) is 9.30. The Morgan fingerprint density at radius 1 is 0.447 bits per heavy atom. The van der Waals surface area contributed by atoms with Gasteiger partial charge < -0.3 is 29.8 Å². The number of hydroxylamine groups is 6. The average Bonchev–Trinajstić information content (AvgIpc) is 3.34. The molecular formula is C35H61N3O9. The van der Waals surface area contributed by atoms with E-state index >= 15 is 0 Å². The molecule has 12 nitrogen and oxygen atoms in total. The first kappa shape index (κ1) is 38.0. The van der Waals surface area contributed by atoms with Gasteiger partial charge in [-0.05, 0) is 95.9 Å². The molecule has 1 aliphatic carbocycles. The van der Waals surface area contributed by atoms with Crippen molar-refractivity contribution >= 4 is 17.9 Å². The van der Waals surface area contributed by atoms with Crippen molar-refractivity contribution < 1.29 is 44.2 Å². The van der Waals surface area contributed by atoms with Gasteiger partial charge in [-0.15, -0.1) is 0 Å². The van der Waals surface area contributed by atoms with Crippen LogP contribution >= 0.6 is 0 Å². The quantitative estimate of drug-likeness (QED) is 0.243. The third-order valence-electron chi connectivity index (χ3n) is 11.2. The van der Waals surface area contributed by atoms with Crippen LogP contribution in [0.2, 0.25) is 0 Å². The van der Waals surface area contributed by atoms with E-state index in [0.29, 0.717) is 38.5 Å². The zero-order chi connectivity index (χ0) is 35.7. The Hall–Kier alpha value is -1.83. The van der Waals surface area contributed by atoms with Crippen LogP contribution in [0.25, 0.3) is 0 Å². The van der Waals surface area contributed by atoms with Gasteiger partial charge in [-0.25, -0.2) is 0 Å². The van der Waals surface area contributed by atoms with Gasteiger partial charge in [0.2, 0.25) is 0 Å². The van der Waals surface area contributed by atoms with Crippen molar-refractivity contribution in [2.45, 2.75) is 186 Å². The Morgan fingerprint density at radius 3 is 0.894 bits per heavy atom. The molecule has 47 heavy (non-hydrogen) atoms. The minimum Gasteiger partial charge on any atom is -0.462 e. The van der Waals surface area contributed by atoms with E-state index in [1.165, 1.54) is 15.2 Å². The van der Waals surface area contributed by atoms with Crippen LogP contribution in [0, 0.1) is 17.8 Å². The van der Waals surface area contributed by atoms with Crippen LogP contribution in [0.1, 0.15) is 134 Å². The molecule has 0 bridgehead atoms. The van der Waals surface area contributed by atoms with Crippen LogP contribution in [0.4, 0.5) is 0 Å². The lowest BCUT2D eigenvalue weighted by molar-refractivity contribution is -0.261. The smallest absolute Gasteiger partial charge is 0.310 e. The standard InChI is InChI=1S/C35H61N3O9/c1-30(2)15-22(16-31(3,4)36(30)42)45-27(39)21-13-25(28(40)46-23-17-32(5,6)37(43)33(7,8)18-23)26(14-21)29(41)47-24-19-34(9,10)38(44)35(11,12)20-24/h21-26,42-44H,13-20H2,1-12H3. The van der Waals surface area contributed by atoms with Gasteiger partial charge in [0.05, 0.1) is 17.8 Å². The van der Waals surface area contributed by atoms with Crippen molar-refractivity contribution in [2.75, 3.05) is 0 Å². The molecule has 4 fully saturated rings. The molecule has 3 heterocycles. The molecular weight excluding hydrogens is 606 g/mol. The number of piperidine rings is 3. The summed E-state index contributed by atoms with van der Waals surface area (Å²) in [6.45, 7) is 22.7. The van der Waals surface area contributed by atoms with Crippen LogP contribution < -0.4 is 0 Å². The normalized spacial score (nSPS) is 32.9. The third kappa shape index (κ3) is 7.83. The summed E-state index contributed by atoms with van der Waals surface area (Å²) < 4.78 is 18.2. The van der Waals surface area contributed by atoms with E-state index in [9.17, 15) is 30.0 Å². The number of nitrogens with zero attached hydrogens (tertiary/aromatic N) is 3. The molecule has 0 radical (unpaired) electrons. The summed E-state index contributed by atoms with van der Waals surface area (Å²) >= 11 is 0. The summed E-state index contributed by atoms with van der Waals surface area (Å²) in [5.74, 6) is -4.07. The molecule has 2 atom stereocenters. The fraction of sp³-hybridized carbons (Fsp3) is 0.914. The summed E-state index contributed by atoms with van der Waals surface area (Å²) in [5.41, 5.74) is -3.78. The van der Waals surface area contributed by atoms with Crippen LogP contribution in [-0.2, 0) is 28.6 Å². The molecule has 12 heteroatoms. The molecule has 3 N–H and O–H groups in total. The van der Waals surface area contributed by atoms with Crippen molar-refractivity contribution in [2.24, 2.45) is 17.8 Å². The lowest BCUT2D eigenvalue weighted by Gasteiger charge is -2.51. The second-order valence-electron chi connectivity index (χ2n) is 18.6. The van der Waals surface area contributed by atoms with E-state index in [1.807, 2.05) is 83.1 Å². The zero-order valence-electron chi connectivity index (χ0n) is 30.8. The number of ether oxygens (including phenoxy) is 3. The van der Waals surface area contributed by atoms with Gasteiger partial charge >= 0.3 is 17.9 Å². The van der Waals surface area contributed by atoms with Crippen LogP contribution in [-0.4, -0.2) is 100 Å². The Bertz CT molecular complexity index is 1090. The van der Waals surface area contributed by atoms with Gasteiger partial charge in [0.15, 0.2) is 0 Å². The number of carbonyl (C=O) groups excluding carboxylic acids is 3. The molecule has 2 unspecified atom stereocenters. The maximum absolute atomic E-state index is 13.9. The number of rotatable bonds is 6. The van der Waals surface area contributed by atoms with Crippen LogP contribution in [0.15, 0.2) is 0 Å². The summed E-state index contributed by atoms with van der Waals surface area (Å²) in [6, 6.07) is 0. The molecule has 0 aromatic carbocycles. The molecule has 1 saturated carbocycles. The highest BCUT2D eigenvalue weighted by molar-refractivity contribution is 5.85. The fourth-order valence-electron chi connectivity index (χ4n) is 9.30. The Morgan fingerprint density at radius 2 is 0.660 bits per heavy atom. The minimum atomic E-state index is -0.899. The first-order chi connectivity index (χ1) is 21.2. The minimum absolute atomic E-state index is 0.0980. The topological polar surface area (TPSA) is 149 Å². The molecule has 0 spiro atoms. The summed E-state index contributed by atoms with van der Waals surface area (Å²) in [6.07, 6.45) is 1.30. The molecule has 4 aliphatic rings. The number of hydrogen-bond donors (Lipinski definition) is 3. The SMILES string of the molecule is CC1(C)CC(OC(=O)C2CC(C(=O)OC3CC(C)(C)N(O)C(C)(C)C3)C(C(=O)OC3CC(C)(C)N(O)C(C)(C)C3)C2)CC(C)(C)N1O. The van der Waals surface area contributed by atoms with Crippen molar-refractivity contribution in [3.63, 3.8) is 0 Å². The molecule has 3 saturated heterocycles. The van der Waals surface area contributed by atoms with Crippen molar-refractivity contribution in [3.8, 4) is 0 Å². The Kier molecular flexibility index (Phi) is 10.1. The number of esters is 3. The monoisotopic (exact) mass is 667 g/mol. The van der Waals surface area contributed by atoms with Crippen molar-refractivity contribution in [1.82, 2.24) is 15.2 Å². The maximum atomic E-state index is 13.9.